The van der Waals surface area contributed by atoms with Gasteiger partial charge in [-0.2, -0.15) is 0 Å². The van der Waals surface area contributed by atoms with Crippen LogP contribution in [0.1, 0.15) is 0 Å². The lowest BCUT2D eigenvalue weighted by atomic mass is 11.0. The van der Waals surface area contributed by atoms with E-state index in [4.69, 9.17) is 14.4 Å². The molecule has 0 aliphatic heterocycles. The lowest BCUT2D eigenvalue weighted by Gasteiger charge is -1.41. The van der Waals surface area contributed by atoms with Gasteiger partial charge in [-0.1, -0.05) is 0 Å². The molecule has 0 bridgehead atoms. The van der Waals surface area contributed by atoms with Gasteiger partial charge in [0.15, 0.2) is 0 Å². The number of nitrogens with zero attached hydrogens (tertiary/aromatic N) is 1. The Morgan fingerprint density at radius 2 is 2.00 bits per heavy atom. The highest BCUT2D eigenvalue weighted by atomic mass is 35.5. The number of thiazole rings is 1. The summed E-state index contributed by atoms with van der Waals surface area (Å²) in [6.07, 6.45) is 1.77. The molecule has 4 nitrogen and oxygen atoms in total. The molecule has 2 N–H and O–H groups in total. The van der Waals surface area contributed by atoms with E-state index in [0.717, 1.165) is 0 Å². The van der Waals surface area contributed by atoms with Gasteiger partial charge in [0.25, 0.3) is 0 Å². The molecule has 1 aromatic heterocycles. The number of halogens is 1. The molecule has 0 spiro atoms. The molecule has 0 atom stereocenters. The molecule has 0 amide bonds. The Morgan fingerprint density at radius 3 is 2.10 bits per heavy atom. The van der Waals surface area contributed by atoms with E-state index in [1.54, 1.807) is 23.0 Å². The zero-order valence-corrected chi connectivity index (χ0v) is 7.27. The van der Waals surface area contributed by atoms with E-state index in [-0.39, 0.29) is 12.4 Å². The third kappa shape index (κ3) is 15.7. The molecule has 1 aromatic rings. The fourth-order valence-corrected chi connectivity index (χ4v) is 0.527. The van der Waals surface area contributed by atoms with Crippen molar-refractivity contribution in [2.24, 2.45) is 0 Å². The summed E-state index contributed by atoms with van der Waals surface area (Å²) in [5, 5.41) is 1.93. The summed E-state index contributed by atoms with van der Waals surface area (Å²) >= 11 is 1.60. The van der Waals surface area contributed by atoms with Gasteiger partial charge >= 0.3 is 8.25 Å². The predicted molar refractivity (Wildman–Crippen MR) is 41.4 cm³/mol. The van der Waals surface area contributed by atoms with Crippen LogP contribution in [0.4, 0.5) is 0 Å². The second-order valence-corrected chi connectivity index (χ2v) is 2.19. The van der Waals surface area contributed by atoms with Crippen molar-refractivity contribution in [1.82, 2.24) is 4.98 Å². The van der Waals surface area contributed by atoms with E-state index < -0.39 is 8.25 Å². The summed E-state index contributed by atoms with van der Waals surface area (Å²) in [5.74, 6) is 0. The first-order valence-electron chi connectivity index (χ1n) is 1.90. The molecule has 10 heavy (non-hydrogen) atoms. The Kier molecular flexibility index (Phi) is 11.3. The normalized spacial score (nSPS) is 6.60. The first-order valence-corrected chi connectivity index (χ1v) is 4.01. The van der Waals surface area contributed by atoms with Crippen molar-refractivity contribution in [2.75, 3.05) is 0 Å². The molecule has 1 heterocycles. The molecule has 0 radical (unpaired) electrons. The quantitative estimate of drug-likeness (QED) is 0.620. The molecule has 7 heteroatoms. The maximum absolute atomic E-state index is 8.70. The number of aromatic nitrogens is 1. The van der Waals surface area contributed by atoms with Gasteiger partial charge in [0.05, 0.1) is 5.51 Å². The molecular weight excluding hydrogens is 197 g/mol. The molecule has 0 saturated heterocycles. The largest absolute Gasteiger partial charge is 0.692 e. The zero-order chi connectivity index (χ0) is 7.11. The molecular formula is C3H6ClNO3PS+. The Morgan fingerprint density at radius 1 is 1.50 bits per heavy atom. The summed E-state index contributed by atoms with van der Waals surface area (Å²) < 4.78 is 8.70. The van der Waals surface area contributed by atoms with Crippen molar-refractivity contribution >= 4 is 32.0 Å². The molecule has 0 fully saturated rings. The van der Waals surface area contributed by atoms with Gasteiger partial charge in [0.1, 0.15) is 0 Å². The molecule has 0 unspecified atom stereocenters. The van der Waals surface area contributed by atoms with Crippen LogP contribution < -0.4 is 0 Å². The van der Waals surface area contributed by atoms with Crippen LogP contribution in [-0.2, 0) is 4.57 Å². The molecule has 0 aliphatic carbocycles. The number of hydrogen-bond donors (Lipinski definition) is 2. The summed E-state index contributed by atoms with van der Waals surface area (Å²) in [4.78, 5) is 18.0. The Bertz CT molecular complexity index is 138. The maximum atomic E-state index is 8.70. The van der Waals surface area contributed by atoms with Crippen LogP contribution in [0.5, 0.6) is 0 Å². The van der Waals surface area contributed by atoms with E-state index in [9.17, 15) is 0 Å². The summed E-state index contributed by atoms with van der Waals surface area (Å²) in [7, 11) is -2.87. The van der Waals surface area contributed by atoms with Crippen molar-refractivity contribution in [1.29, 1.82) is 0 Å². The average molecular weight is 203 g/mol. The SMILES string of the molecule is Cl.O=[P+](O)O.c1cscn1. The van der Waals surface area contributed by atoms with E-state index in [1.807, 2.05) is 5.38 Å². The van der Waals surface area contributed by atoms with Crippen LogP contribution in [0.15, 0.2) is 17.1 Å². The summed E-state index contributed by atoms with van der Waals surface area (Å²) in [6.45, 7) is 0. The third-order valence-corrected chi connectivity index (χ3v) is 0.869. The summed E-state index contributed by atoms with van der Waals surface area (Å²) in [6, 6.07) is 0. The van der Waals surface area contributed by atoms with E-state index >= 15 is 0 Å². The van der Waals surface area contributed by atoms with Crippen LogP contribution in [0.3, 0.4) is 0 Å². The van der Waals surface area contributed by atoms with E-state index in [1.165, 1.54) is 0 Å². The Hall–Kier alpha value is -0.0600. The van der Waals surface area contributed by atoms with Crippen molar-refractivity contribution in [3.8, 4) is 0 Å². The zero-order valence-electron chi connectivity index (χ0n) is 4.75. The molecule has 58 valence electrons. The van der Waals surface area contributed by atoms with Crippen LogP contribution in [0.2, 0.25) is 0 Å². The minimum absolute atomic E-state index is 0. The van der Waals surface area contributed by atoms with Crippen molar-refractivity contribution in [3.63, 3.8) is 0 Å². The van der Waals surface area contributed by atoms with Crippen molar-refractivity contribution in [3.05, 3.63) is 17.1 Å². The highest BCUT2D eigenvalue weighted by Crippen LogP contribution is 1.98. The minimum Gasteiger partial charge on any atom is -0.253 e. The smallest absolute Gasteiger partial charge is 0.253 e. The molecule has 0 saturated carbocycles. The minimum atomic E-state index is -2.87. The Balaban J connectivity index is 0. The second-order valence-electron chi connectivity index (χ2n) is 0.928. The fraction of sp³-hybridized carbons (Fsp3) is 0. The highest BCUT2D eigenvalue weighted by molar-refractivity contribution is 7.30. The van der Waals surface area contributed by atoms with Crippen LogP contribution in [-0.4, -0.2) is 14.8 Å². The van der Waals surface area contributed by atoms with Crippen molar-refractivity contribution in [2.45, 2.75) is 0 Å². The van der Waals surface area contributed by atoms with Gasteiger partial charge in [0, 0.05) is 16.1 Å². The van der Waals surface area contributed by atoms with Gasteiger partial charge in [-0.3, -0.25) is 4.98 Å². The highest BCUT2D eigenvalue weighted by Gasteiger charge is 1.93. The maximum Gasteiger partial charge on any atom is 0.692 e. The predicted octanol–water partition coefficient (Wildman–Crippen LogP) is 1.19. The fourth-order valence-electron chi connectivity index (χ4n) is 0.176. The first-order chi connectivity index (χ1) is 4.23. The summed E-state index contributed by atoms with van der Waals surface area (Å²) in [5.41, 5.74) is 1.79. The third-order valence-electron chi connectivity index (χ3n) is 0.347. The topological polar surface area (TPSA) is 70.4 Å². The van der Waals surface area contributed by atoms with Gasteiger partial charge in [-0.25, -0.2) is 0 Å². The average Bonchev–Trinajstić information content (AvgIpc) is 2.11. The van der Waals surface area contributed by atoms with Gasteiger partial charge in [-0.05, 0) is 0 Å². The monoisotopic (exact) mass is 202 g/mol. The lowest BCUT2D eigenvalue weighted by molar-refractivity contribution is 0.405. The number of rotatable bonds is 0. The second kappa shape index (κ2) is 8.94. The van der Waals surface area contributed by atoms with Gasteiger partial charge in [-0.15, -0.1) is 33.5 Å². The lowest BCUT2D eigenvalue weighted by Crippen LogP contribution is -1.38. The van der Waals surface area contributed by atoms with Crippen LogP contribution in [0.25, 0.3) is 0 Å². The molecule has 1 rings (SSSR count). The van der Waals surface area contributed by atoms with Crippen molar-refractivity contribution < 1.29 is 14.4 Å². The van der Waals surface area contributed by atoms with Gasteiger partial charge in [0.2, 0.25) is 0 Å². The standard InChI is InChI=1S/C3H3NS.ClH.HO3P/c1-2-5-3-4-1;;1-4(2)3/h1-3H;1H;(H-,1,2,3)/p+1. The number of hydrogen-bond acceptors (Lipinski definition) is 3. The van der Waals surface area contributed by atoms with Gasteiger partial charge < -0.3 is 0 Å². The van der Waals surface area contributed by atoms with E-state index in [2.05, 4.69) is 4.98 Å². The molecule has 0 aliphatic rings. The van der Waals surface area contributed by atoms with Crippen LogP contribution >= 0.6 is 32.0 Å². The molecule has 0 aromatic carbocycles. The van der Waals surface area contributed by atoms with E-state index in [0.29, 0.717) is 0 Å². The first kappa shape index (κ1) is 12.6. The van der Waals surface area contributed by atoms with Crippen LogP contribution in [0, 0.1) is 0 Å². The Labute approximate surface area is 68.9 Å².